The number of terminal acetylenes is 1. The number of unbranched alkanes of at least 4 members (excludes halogenated alkanes) is 3. The molecule has 0 fully saturated rings. The van der Waals surface area contributed by atoms with Crippen molar-refractivity contribution in [1.82, 2.24) is 9.80 Å². The number of likely N-dealkylation sites (N-methyl/N-ethyl adjacent to an activating group) is 1. The van der Waals surface area contributed by atoms with Crippen LogP contribution in [0.3, 0.4) is 0 Å². The third kappa shape index (κ3) is 9.76. The van der Waals surface area contributed by atoms with Gasteiger partial charge in [-0.25, -0.2) is 0 Å². The minimum Gasteiger partial charge on any atom is -0.303 e. The molecule has 0 aromatic rings. The van der Waals surface area contributed by atoms with Crippen LogP contribution in [-0.4, -0.2) is 50.1 Å². The Balaban J connectivity index is 3.21. The van der Waals surface area contributed by atoms with Gasteiger partial charge in [-0.3, -0.25) is 4.90 Å². The van der Waals surface area contributed by atoms with Crippen molar-refractivity contribution in [3.63, 3.8) is 0 Å². The van der Waals surface area contributed by atoms with Crippen molar-refractivity contribution >= 4 is 0 Å². The van der Waals surface area contributed by atoms with Gasteiger partial charge in [-0.15, -0.1) is 13.0 Å². The van der Waals surface area contributed by atoms with Crippen molar-refractivity contribution < 1.29 is 0 Å². The third-order valence-corrected chi connectivity index (χ3v) is 2.47. The molecule has 0 saturated carbocycles. The van der Waals surface area contributed by atoms with Crippen LogP contribution < -0.4 is 0 Å². The molecule has 1 radical (unpaired) electrons. The van der Waals surface area contributed by atoms with E-state index < -0.39 is 0 Å². The molecule has 0 bridgehead atoms. The normalized spacial score (nSPS) is 10.7. The zero-order valence-corrected chi connectivity index (χ0v) is 10.8. The predicted octanol–water partition coefficient (Wildman–Crippen LogP) is 2.04. The van der Waals surface area contributed by atoms with E-state index >= 15 is 0 Å². The second-order valence-electron chi connectivity index (χ2n) is 4.21. The summed E-state index contributed by atoms with van der Waals surface area (Å²) in [6.07, 6.45) is 13.1. The van der Waals surface area contributed by atoms with Crippen LogP contribution in [-0.2, 0) is 0 Å². The molecule has 0 aliphatic rings. The minimum atomic E-state index is 0.752. The Morgan fingerprint density at radius 3 is 2.56 bits per heavy atom. The standard InChI is InChI=1S/C14H25N2/c1-5-11-15(3)13-9-7-8-10-14-16(4)12-6-2/h1,6,8H,2,7,9-14H2,3-4H3. The van der Waals surface area contributed by atoms with Crippen molar-refractivity contribution in [2.24, 2.45) is 0 Å². The second-order valence-corrected chi connectivity index (χ2v) is 4.21. The van der Waals surface area contributed by atoms with Crippen LogP contribution in [0, 0.1) is 18.8 Å². The van der Waals surface area contributed by atoms with Gasteiger partial charge in [-0.05, 0) is 52.9 Å². The lowest BCUT2D eigenvalue weighted by atomic mass is 10.2. The third-order valence-electron chi connectivity index (χ3n) is 2.47. The fourth-order valence-corrected chi connectivity index (χ4v) is 1.51. The van der Waals surface area contributed by atoms with Gasteiger partial charge in [0.25, 0.3) is 0 Å². The van der Waals surface area contributed by atoms with E-state index in [4.69, 9.17) is 6.42 Å². The van der Waals surface area contributed by atoms with Gasteiger partial charge in [0.2, 0.25) is 0 Å². The van der Waals surface area contributed by atoms with Crippen molar-refractivity contribution in [1.29, 1.82) is 0 Å². The fourth-order valence-electron chi connectivity index (χ4n) is 1.51. The SMILES string of the molecule is C#CCN(C)CCC[CH]CCN(C)CC=C. The summed E-state index contributed by atoms with van der Waals surface area (Å²) < 4.78 is 0. The molecule has 0 N–H and O–H groups in total. The summed E-state index contributed by atoms with van der Waals surface area (Å²) in [7, 11) is 4.19. The molecule has 0 aromatic carbocycles. The molecule has 0 aromatic heterocycles. The van der Waals surface area contributed by atoms with E-state index in [0.29, 0.717) is 0 Å². The predicted molar refractivity (Wildman–Crippen MR) is 72.2 cm³/mol. The van der Waals surface area contributed by atoms with Crippen molar-refractivity contribution in [2.45, 2.75) is 19.3 Å². The van der Waals surface area contributed by atoms with Gasteiger partial charge < -0.3 is 4.90 Å². The van der Waals surface area contributed by atoms with E-state index in [2.05, 4.69) is 42.8 Å². The first kappa shape index (κ1) is 15.2. The van der Waals surface area contributed by atoms with Crippen LogP contribution in [0.25, 0.3) is 0 Å². The maximum atomic E-state index is 5.23. The van der Waals surface area contributed by atoms with Crippen LogP contribution in [0.5, 0.6) is 0 Å². The molecule has 0 unspecified atom stereocenters. The van der Waals surface area contributed by atoms with Crippen molar-refractivity contribution in [3.8, 4) is 12.3 Å². The van der Waals surface area contributed by atoms with Gasteiger partial charge in [-0.1, -0.05) is 12.0 Å². The van der Waals surface area contributed by atoms with Gasteiger partial charge in [0.15, 0.2) is 0 Å². The molecule has 0 rings (SSSR count). The van der Waals surface area contributed by atoms with E-state index in [9.17, 15) is 0 Å². The van der Waals surface area contributed by atoms with Crippen molar-refractivity contribution in [2.75, 3.05) is 40.3 Å². The van der Waals surface area contributed by atoms with E-state index in [1.54, 1.807) is 0 Å². The fraction of sp³-hybridized carbons (Fsp3) is 0.643. The summed E-state index contributed by atoms with van der Waals surface area (Å²) in [5.74, 6) is 2.65. The van der Waals surface area contributed by atoms with Gasteiger partial charge in [0.1, 0.15) is 0 Å². The Bertz CT molecular complexity index is 205. The summed E-state index contributed by atoms with van der Waals surface area (Å²) in [6, 6.07) is 0. The molecule has 2 nitrogen and oxygen atoms in total. The highest BCUT2D eigenvalue weighted by atomic mass is 15.1. The minimum absolute atomic E-state index is 0.752. The van der Waals surface area contributed by atoms with Crippen LogP contribution >= 0.6 is 0 Å². The molecular weight excluding hydrogens is 196 g/mol. The van der Waals surface area contributed by atoms with Crippen molar-refractivity contribution in [3.05, 3.63) is 19.1 Å². The highest BCUT2D eigenvalue weighted by Crippen LogP contribution is 2.00. The van der Waals surface area contributed by atoms with Crippen LogP contribution in [0.4, 0.5) is 0 Å². The Morgan fingerprint density at radius 1 is 1.19 bits per heavy atom. The highest BCUT2D eigenvalue weighted by molar-refractivity contribution is 4.87. The van der Waals surface area contributed by atoms with Gasteiger partial charge in [0.05, 0.1) is 6.54 Å². The Morgan fingerprint density at radius 2 is 1.94 bits per heavy atom. The summed E-state index contributed by atoms with van der Waals surface area (Å²) in [5.41, 5.74) is 0. The average Bonchev–Trinajstić information content (AvgIpc) is 2.24. The zero-order valence-electron chi connectivity index (χ0n) is 10.8. The van der Waals surface area contributed by atoms with Gasteiger partial charge >= 0.3 is 0 Å². The molecule has 0 atom stereocenters. The Labute approximate surface area is 101 Å². The van der Waals surface area contributed by atoms with Crippen LogP contribution in [0.1, 0.15) is 19.3 Å². The highest BCUT2D eigenvalue weighted by Gasteiger charge is 1.97. The molecule has 0 amide bonds. The maximum Gasteiger partial charge on any atom is 0.0596 e. The Kier molecular flexibility index (Phi) is 10.2. The summed E-state index contributed by atoms with van der Waals surface area (Å²) in [6.45, 7) is 7.65. The van der Waals surface area contributed by atoms with Gasteiger partial charge in [-0.2, -0.15) is 0 Å². The number of nitrogens with zero attached hydrogens (tertiary/aromatic N) is 2. The largest absolute Gasteiger partial charge is 0.303 e. The topological polar surface area (TPSA) is 6.48 Å². The van der Waals surface area contributed by atoms with E-state index in [-0.39, 0.29) is 0 Å². The quantitative estimate of drug-likeness (QED) is 0.316. The average molecular weight is 221 g/mol. The Hall–Kier alpha value is -0.780. The van der Waals surface area contributed by atoms with Gasteiger partial charge in [0, 0.05) is 6.54 Å². The molecule has 0 saturated heterocycles. The molecule has 2 heteroatoms. The molecule has 0 heterocycles. The number of rotatable bonds is 10. The lowest BCUT2D eigenvalue weighted by molar-refractivity contribution is 0.358. The lowest BCUT2D eigenvalue weighted by Crippen LogP contribution is -2.20. The maximum absolute atomic E-state index is 5.23. The van der Waals surface area contributed by atoms with Crippen LogP contribution in [0.2, 0.25) is 0 Å². The summed E-state index contributed by atoms with van der Waals surface area (Å²) >= 11 is 0. The van der Waals surface area contributed by atoms with E-state index in [1.165, 1.54) is 12.8 Å². The molecular formula is C14H25N2. The smallest absolute Gasteiger partial charge is 0.0596 e. The first-order chi connectivity index (χ1) is 7.70. The second kappa shape index (κ2) is 10.7. The lowest BCUT2D eigenvalue weighted by Gasteiger charge is -2.14. The summed E-state index contributed by atoms with van der Waals surface area (Å²) in [4.78, 5) is 4.45. The molecule has 0 aliphatic heterocycles. The monoisotopic (exact) mass is 221 g/mol. The number of hydrogen-bond acceptors (Lipinski definition) is 2. The molecule has 16 heavy (non-hydrogen) atoms. The molecule has 91 valence electrons. The first-order valence-corrected chi connectivity index (χ1v) is 5.93. The van der Waals surface area contributed by atoms with E-state index in [1.807, 2.05) is 6.08 Å². The first-order valence-electron chi connectivity index (χ1n) is 5.93. The van der Waals surface area contributed by atoms with E-state index in [0.717, 1.165) is 32.6 Å². The molecule has 0 aliphatic carbocycles. The summed E-state index contributed by atoms with van der Waals surface area (Å²) in [5, 5.41) is 0. The van der Waals surface area contributed by atoms with Crippen LogP contribution in [0.15, 0.2) is 12.7 Å². The molecule has 0 spiro atoms. The number of hydrogen-bond donors (Lipinski definition) is 0. The zero-order chi connectivity index (χ0) is 12.2.